The standard InChI is InChI=1S/C13H24N4O/c1-9-6-7-10(12(14)18)8-17(9)13(15)16-11-4-2-3-5-11/h9-11H,2-8H2,1H3,(H2,14,18)(H2,15,16). The minimum atomic E-state index is -0.222. The number of guanidine groups is 1. The molecule has 0 spiro atoms. The maximum atomic E-state index is 11.3. The molecule has 2 aliphatic rings. The Bertz CT molecular complexity index is 336. The van der Waals surface area contributed by atoms with Crippen LogP contribution in [0.5, 0.6) is 0 Å². The zero-order valence-electron chi connectivity index (χ0n) is 11.1. The normalized spacial score (nSPS) is 30.7. The number of rotatable bonds is 2. The molecule has 102 valence electrons. The van der Waals surface area contributed by atoms with Crippen LogP contribution in [-0.4, -0.2) is 35.4 Å². The molecule has 0 radical (unpaired) electrons. The fraction of sp³-hybridized carbons (Fsp3) is 0.846. The molecule has 2 rings (SSSR count). The summed E-state index contributed by atoms with van der Waals surface area (Å²) in [4.78, 5) is 18.0. The number of primary amides is 1. The molecule has 18 heavy (non-hydrogen) atoms. The zero-order valence-corrected chi connectivity index (χ0v) is 11.1. The van der Waals surface area contributed by atoms with Crippen LogP contribution in [0.2, 0.25) is 0 Å². The van der Waals surface area contributed by atoms with E-state index in [1.54, 1.807) is 0 Å². The zero-order chi connectivity index (χ0) is 13.1. The lowest BCUT2D eigenvalue weighted by molar-refractivity contribution is -0.123. The number of nitrogens with zero attached hydrogens (tertiary/aromatic N) is 2. The predicted octanol–water partition coefficient (Wildman–Crippen LogP) is 0.830. The molecule has 2 unspecified atom stereocenters. The minimum absolute atomic E-state index is 0.0847. The van der Waals surface area contributed by atoms with Crippen molar-refractivity contribution in [2.45, 2.75) is 57.5 Å². The van der Waals surface area contributed by atoms with Crippen molar-refractivity contribution < 1.29 is 4.79 Å². The van der Waals surface area contributed by atoms with Crippen molar-refractivity contribution in [3.63, 3.8) is 0 Å². The Hall–Kier alpha value is -1.26. The van der Waals surface area contributed by atoms with E-state index in [0.29, 0.717) is 24.6 Å². The van der Waals surface area contributed by atoms with E-state index in [4.69, 9.17) is 11.5 Å². The van der Waals surface area contributed by atoms with E-state index < -0.39 is 0 Å². The lowest BCUT2D eigenvalue weighted by Crippen LogP contribution is -2.51. The summed E-state index contributed by atoms with van der Waals surface area (Å²) in [6, 6.07) is 0.733. The molecule has 0 aromatic carbocycles. The van der Waals surface area contributed by atoms with E-state index in [1.165, 1.54) is 12.8 Å². The van der Waals surface area contributed by atoms with Gasteiger partial charge in [-0.05, 0) is 32.6 Å². The maximum absolute atomic E-state index is 11.3. The maximum Gasteiger partial charge on any atom is 0.222 e. The molecule has 2 atom stereocenters. The molecular formula is C13H24N4O. The van der Waals surface area contributed by atoms with E-state index in [-0.39, 0.29) is 11.8 Å². The van der Waals surface area contributed by atoms with Crippen LogP contribution in [-0.2, 0) is 4.79 Å². The summed E-state index contributed by atoms with van der Waals surface area (Å²) >= 11 is 0. The summed E-state index contributed by atoms with van der Waals surface area (Å²) in [6.45, 7) is 2.76. The monoisotopic (exact) mass is 252 g/mol. The fourth-order valence-electron chi connectivity index (χ4n) is 2.95. The topological polar surface area (TPSA) is 84.7 Å². The van der Waals surface area contributed by atoms with E-state index in [2.05, 4.69) is 16.8 Å². The van der Waals surface area contributed by atoms with Gasteiger partial charge < -0.3 is 16.4 Å². The quantitative estimate of drug-likeness (QED) is 0.564. The summed E-state index contributed by atoms with van der Waals surface area (Å²) < 4.78 is 0. The number of aliphatic imine (C=N–C) groups is 1. The number of hydrogen-bond donors (Lipinski definition) is 2. The van der Waals surface area contributed by atoms with E-state index in [9.17, 15) is 4.79 Å². The average molecular weight is 252 g/mol. The van der Waals surface area contributed by atoms with E-state index >= 15 is 0 Å². The SMILES string of the molecule is CC1CCC(C(N)=O)CN1C(N)=NC1CCCC1. The van der Waals surface area contributed by atoms with Gasteiger partial charge in [0.1, 0.15) is 0 Å². The number of amides is 1. The van der Waals surface area contributed by atoms with Crippen LogP contribution in [0.15, 0.2) is 4.99 Å². The third kappa shape index (κ3) is 2.94. The van der Waals surface area contributed by atoms with E-state index in [0.717, 1.165) is 25.7 Å². The van der Waals surface area contributed by atoms with Crippen molar-refractivity contribution in [2.75, 3.05) is 6.54 Å². The van der Waals surface area contributed by atoms with Gasteiger partial charge in [0.2, 0.25) is 5.91 Å². The molecule has 2 fully saturated rings. The van der Waals surface area contributed by atoms with Crippen LogP contribution in [0.25, 0.3) is 0 Å². The van der Waals surface area contributed by atoms with Gasteiger partial charge in [-0.3, -0.25) is 4.79 Å². The van der Waals surface area contributed by atoms with Crippen LogP contribution >= 0.6 is 0 Å². The van der Waals surface area contributed by atoms with Gasteiger partial charge in [0.25, 0.3) is 0 Å². The Morgan fingerprint density at radius 2 is 1.83 bits per heavy atom. The minimum Gasteiger partial charge on any atom is -0.370 e. The average Bonchev–Trinajstić information content (AvgIpc) is 2.81. The van der Waals surface area contributed by atoms with Gasteiger partial charge in [0.05, 0.1) is 12.0 Å². The Labute approximate surface area is 109 Å². The van der Waals surface area contributed by atoms with Gasteiger partial charge in [0, 0.05) is 12.6 Å². The highest BCUT2D eigenvalue weighted by Gasteiger charge is 2.30. The Morgan fingerprint density at radius 1 is 1.17 bits per heavy atom. The second kappa shape index (κ2) is 5.59. The number of hydrogen-bond acceptors (Lipinski definition) is 2. The van der Waals surface area contributed by atoms with Crippen molar-refractivity contribution >= 4 is 11.9 Å². The van der Waals surface area contributed by atoms with Gasteiger partial charge in [0.15, 0.2) is 5.96 Å². The van der Waals surface area contributed by atoms with Gasteiger partial charge in [-0.15, -0.1) is 0 Å². The lowest BCUT2D eigenvalue weighted by Gasteiger charge is -2.37. The fourth-order valence-corrected chi connectivity index (χ4v) is 2.95. The second-order valence-electron chi connectivity index (χ2n) is 5.60. The Kier molecular flexibility index (Phi) is 4.09. The summed E-state index contributed by atoms with van der Waals surface area (Å²) in [5.41, 5.74) is 11.5. The Balaban J connectivity index is 2.02. The van der Waals surface area contributed by atoms with Gasteiger partial charge in [-0.2, -0.15) is 0 Å². The van der Waals surface area contributed by atoms with Crippen LogP contribution in [0.4, 0.5) is 0 Å². The van der Waals surface area contributed by atoms with Crippen molar-refractivity contribution in [1.82, 2.24) is 4.90 Å². The van der Waals surface area contributed by atoms with Crippen molar-refractivity contribution in [3.8, 4) is 0 Å². The van der Waals surface area contributed by atoms with Crippen LogP contribution in [0.3, 0.4) is 0 Å². The number of likely N-dealkylation sites (tertiary alicyclic amines) is 1. The van der Waals surface area contributed by atoms with Gasteiger partial charge in [-0.25, -0.2) is 4.99 Å². The first-order valence-corrected chi connectivity index (χ1v) is 6.97. The highest BCUT2D eigenvalue weighted by atomic mass is 16.1. The highest BCUT2D eigenvalue weighted by molar-refractivity contribution is 5.81. The smallest absolute Gasteiger partial charge is 0.222 e. The molecule has 5 heteroatoms. The molecule has 4 N–H and O–H groups in total. The Morgan fingerprint density at radius 3 is 2.44 bits per heavy atom. The summed E-state index contributed by atoms with van der Waals surface area (Å²) in [5, 5.41) is 0. The van der Waals surface area contributed by atoms with Crippen LogP contribution in [0, 0.1) is 5.92 Å². The first-order chi connectivity index (χ1) is 8.58. The molecular weight excluding hydrogens is 228 g/mol. The van der Waals surface area contributed by atoms with Gasteiger partial charge in [-0.1, -0.05) is 12.8 Å². The summed E-state index contributed by atoms with van der Waals surface area (Å²) in [5.74, 6) is 0.291. The molecule has 0 aromatic heterocycles. The molecule has 1 amide bonds. The molecule has 1 aliphatic heterocycles. The highest BCUT2D eigenvalue weighted by Crippen LogP contribution is 2.24. The number of carbonyl (C=O) groups is 1. The number of nitrogens with two attached hydrogens (primary N) is 2. The molecule has 0 aromatic rings. The van der Waals surface area contributed by atoms with Crippen molar-refractivity contribution in [3.05, 3.63) is 0 Å². The number of piperidine rings is 1. The largest absolute Gasteiger partial charge is 0.370 e. The van der Waals surface area contributed by atoms with Crippen molar-refractivity contribution in [2.24, 2.45) is 22.4 Å². The predicted molar refractivity (Wildman–Crippen MR) is 72.0 cm³/mol. The number of carbonyl (C=O) groups excluding carboxylic acids is 1. The molecule has 0 bridgehead atoms. The molecule has 1 saturated carbocycles. The second-order valence-corrected chi connectivity index (χ2v) is 5.60. The lowest BCUT2D eigenvalue weighted by atomic mass is 9.93. The first-order valence-electron chi connectivity index (χ1n) is 6.97. The summed E-state index contributed by atoms with van der Waals surface area (Å²) in [6.07, 6.45) is 6.60. The molecule has 5 nitrogen and oxygen atoms in total. The third-order valence-electron chi connectivity index (χ3n) is 4.22. The molecule has 1 heterocycles. The van der Waals surface area contributed by atoms with Crippen molar-refractivity contribution in [1.29, 1.82) is 0 Å². The van der Waals surface area contributed by atoms with E-state index in [1.807, 2.05) is 0 Å². The summed E-state index contributed by atoms with van der Waals surface area (Å²) in [7, 11) is 0. The van der Waals surface area contributed by atoms with Crippen LogP contribution < -0.4 is 11.5 Å². The van der Waals surface area contributed by atoms with Gasteiger partial charge >= 0.3 is 0 Å². The third-order valence-corrected chi connectivity index (χ3v) is 4.22. The molecule has 1 saturated heterocycles. The van der Waals surface area contributed by atoms with Crippen LogP contribution in [0.1, 0.15) is 45.4 Å². The molecule has 1 aliphatic carbocycles. The first kappa shape index (κ1) is 13.2.